The van der Waals surface area contributed by atoms with Crippen molar-refractivity contribution in [3.8, 4) is 0 Å². The van der Waals surface area contributed by atoms with E-state index in [1.165, 1.54) is 23.2 Å². The van der Waals surface area contributed by atoms with Crippen LogP contribution < -0.4 is 5.32 Å². The van der Waals surface area contributed by atoms with Gasteiger partial charge in [0, 0.05) is 31.8 Å². The quantitative estimate of drug-likeness (QED) is 0.580. The third-order valence-electron chi connectivity index (χ3n) is 5.44. The molecule has 1 atom stereocenters. The number of carbonyl (C=O) groups is 1. The van der Waals surface area contributed by atoms with Crippen molar-refractivity contribution in [2.24, 2.45) is 5.92 Å². The van der Waals surface area contributed by atoms with Crippen molar-refractivity contribution in [1.82, 2.24) is 14.9 Å². The zero-order valence-electron chi connectivity index (χ0n) is 17.0. The topological polar surface area (TPSA) is 58.1 Å². The van der Waals surface area contributed by atoms with E-state index in [-0.39, 0.29) is 29.1 Å². The molecule has 2 aromatic carbocycles. The fourth-order valence-electron chi connectivity index (χ4n) is 3.78. The molecule has 1 aromatic heterocycles. The fraction of sp³-hybridized carbons (Fsp3) is 0.318. The Morgan fingerprint density at radius 3 is 2.59 bits per heavy atom. The van der Waals surface area contributed by atoms with E-state index in [9.17, 15) is 26.7 Å². The van der Waals surface area contributed by atoms with E-state index in [1.54, 1.807) is 6.92 Å². The Hall–Kier alpha value is -3.30. The molecule has 168 valence electrons. The van der Waals surface area contributed by atoms with Crippen LogP contribution >= 0.6 is 0 Å². The summed E-state index contributed by atoms with van der Waals surface area (Å²) in [5.74, 6) is -2.34. The normalized spacial score (nSPS) is 16.6. The van der Waals surface area contributed by atoms with Crippen molar-refractivity contribution < 1.29 is 26.7 Å². The van der Waals surface area contributed by atoms with Crippen molar-refractivity contribution in [2.75, 3.05) is 25.0 Å². The van der Waals surface area contributed by atoms with Crippen LogP contribution in [0.1, 0.15) is 27.9 Å². The van der Waals surface area contributed by atoms with E-state index < -0.39 is 29.3 Å². The lowest BCUT2D eigenvalue weighted by molar-refractivity contribution is -0.138. The molecule has 2 heterocycles. The first-order valence-corrected chi connectivity index (χ1v) is 9.94. The summed E-state index contributed by atoms with van der Waals surface area (Å²) < 4.78 is 66.7. The number of halogens is 5. The summed E-state index contributed by atoms with van der Waals surface area (Å²) in [5.41, 5.74) is -0.308. The summed E-state index contributed by atoms with van der Waals surface area (Å²) in [6.07, 6.45) is -2.62. The van der Waals surface area contributed by atoms with Gasteiger partial charge in [-0.05, 0) is 31.4 Å². The van der Waals surface area contributed by atoms with E-state index in [4.69, 9.17) is 0 Å². The smallest absolute Gasteiger partial charge is 0.368 e. The number of fused-ring (bicyclic) bond motifs is 1. The Morgan fingerprint density at radius 2 is 1.88 bits per heavy atom. The molecule has 1 aliphatic heterocycles. The van der Waals surface area contributed by atoms with Gasteiger partial charge >= 0.3 is 6.18 Å². The lowest BCUT2D eigenvalue weighted by atomic mass is 10.0. The monoisotopic (exact) mass is 450 g/mol. The molecule has 0 bridgehead atoms. The maximum Gasteiger partial charge on any atom is 0.417 e. The van der Waals surface area contributed by atoms with Crippen LogP contribution in [-0.4, -0.2) is 40.4 Å². The van der Waals surface area contributed by atoms with Gasteiger partial charge in [0.25, 0.3) is 5.91 Å². The molecule has 0 radical (unpaired) electrons. The third-order valence-corrected chi connectivity index (χ3v) is 5.44. The SMILES string of the molecule is Cc1ccc(C(F)(F)F)c(C(=O)N2CCC(CNc3cnc4cc(F)c(F)cc4n3)C2)c1. The van der Waals surface area contributed by atoms with Crippen LogP contribution in [0.25, 0.3) is 11.0 Å². The second-order valence-corrected chi connectivity index (χ2v) is 7.84. The molecular weight excluding hydrogens is 431 g/mol. The Bertz CT molecular complexity index is 1180. The number of amides is 1. The molecule has 5 nitrogen and oxygen atoms in total. The fourth-order valence-corrected chi connectivity index (χ4v) is 3.78. The second-order valence-electron chi connectivity index (χ2n) is 7.84. The number of hydrogen-bond acceptors (Lipinski definition) is 4. The second kappa shape index (κ2) is 8.33. The number of aromatic nitrogens is 2. The predicted molar refractivity (Wildman–Crippen MR) is 108 cm³/mol. The molecule has 1 fully saturated rings. The van der Waals surface area contributed by atoms with Crippen LogP contribution in [0.3, 0.4) is 0 Å². The van der Waals surface area contributed by atoms with Gasteiger partial charge in [-0.2, -0.15) is 13.2 Å². The minimum atomic E-state index is -4.61. The minimum absolute atomic E-state index is 0.0134. The first-order valence-electron chi connectivity index (χ1n) is 9.94. The summed E-state index contributed by atoms with van der Waals surface area (Å²) in [6, 6.07) is 5.45. The van der Waals surface area contributed by atoms with Gasteiger partial charge in [0.2, 0.25) is 0 Å². The molecule has 0 aliphatic carbocycles. The maximum absolute atomic E-state index is 13.4. The zero-order valence-corrected chi connectivity index (χ0v) is 17.0. The minimum Gasteiger partial charge on any atom is -0.368 e. The summed E-state index contributed by atoms with van der Waals surface area (Å²) >= 11 is 0. The number of anilines is 1. The lowest BCUT2D eigenvalue weighted by Crippen LogP contribution is -2.31. The highest BCUT2D eigenvalue weighted by atomic mass is 19.4. The van der Waals surface area contributed by atoms with Crippen LogP contribution in [0.2, 0.25) is 0 Å². The van der Waals surface area contributed by atoms with Crippen LogP contribution in [0.4, 0.5) is 27.8 Å². The average Bonchev–Trinajstić information content (AvgIpc) is 3.20. The number of alkyl halides is 3. The molecule has 1 amide bonds. The molecule has 3 aromatic rings. The van der Waals surface area contributed by atoms with Crippen molar-refractivity contribution >= 4 is 22.8 Å². The molecule has 1 N–H and O–H groups in total. The third kappa shape index (κ3) is 4.49. The molecular formula is C22H19F5N4O. The number of hydrogen-bond donors (Lipinski definition) is 1. The van der Waals surface area contributed by atoms with Crippen molar-refractivity contribution in [1.29, 1.82) is 0 Å². The van der Waals surface area contributed by atoms with E-state index >= 15 is 0 Å². The van der Waals surface area contributed by atoms with Gasteiger partial charge in [-0.1, -0.05) is 11.6 Å². The van der Waals surface area contributed by atoms with Gasteiger partial charge in [0.1, 0.15) is 5.82 Å². The largest absolute Gasteiger partial charge is 0.417 e. The number of nitrogens with one attached hydrogen (secondary N) is 1. The van der Waals surface area contributed by atoms with Crippen LogP contribution in [0, 0.1) is 24.5 Å². The molecule has 1 aliphatic rings. The Kier molecular flexibility index (Phi) is 5.70. The van der Waals surface area contributed by atoms with E-state index in [2.05, 4.69) is 15.3 Å². The van der Waals surface area contributed by atoms with E-state index in [0.29, 0.717) is 30.9 Å². The highest BCUT2D eigenvalue weighted by molar-refractivity contribution is 5.96. The number of carbonyl (C=O) groups excluding carboxylic acids is 1. The van der Waals surface area contributed by atoms with Gasteiger partial charge in [0.05, 0.1) is 28.4 Å². The van der Waals surface area contributed by atoms with Gasteiger partial charge < -0.3 is 10.2 Å². The van der Waals surface area contributed by atoms with Gasteiger partial charge in [-0.25, -0.2) is 13.8 Å². The number of nitrogens with zero attached hydrogens (tertiary/aromatic N) is 3. The first-order chi connectivity index (χ1) is 15.1. The number of rotatable bonds is 4. The van der Waals surface area contributed by atoms with Gasteiger partial charge in [0.15, 0.2) is 11.6 Å². The summed E-state index contributed by atoms with van der Waals surface area (Å²) in [7, 11) is 0. The van der Waals surface area contributed by atoms with Crippen molar-refractivity contribution in [2.45, 2.75) is 19.5 Å². The molecule has 1 unspecified atom stereocenters. The Morgan fingerprint density at radius 1 is 1.16 bits per heavy atom. The van der Waals surface area contributed by atoms with Gasteiger partial charge in [-0.3, -0.25) is 9.78 Å². The van der Waals surface area contributed by atoms with Crippen LogP contribution in [0.5, 0.6) is 0 Å². The van der Waals surface area contributed by atoms with Gasteiger partial charge in [-0.15, -0.1) is 0 Å². The standard InChI is InChI=1S/C22H19F5N4O/c1-12-2-3-15(22(25,26)27)14(6-12)21(32)31-5-4-13(11-31)9-29-20-10-28-18-7-16(23)17(24)8-19(18)30-20/h2-3,6-8,10,13H,4-5,9,11H2,1H3,(H,29,30). The molecule has 4 rings (SSSR count). The van der Waals surface area contributed by atoms with Crippen molar-refractivity contribution in [3.05, 3.63) is 64.9 Å². The van der Waals surface area contributed by atoms with E-state index in [1.807, 2.05) is 0 Å². The molecule has 10 heteroatoms. The zero-order chi connectivity index (χ0) is 23.0. The van der Waals surface area contributed by atoms with E-state index in [0.717, 1.165) is 18.2 Å². The first kappa shape index (κ1) is 21.9. The maximum atomic E-state index is 13.4. The highest BCUT2D eigenvalue weighted by Gasteiger charge is 2.37. The summed E-state index contributed by atoms with van der Waals surface area (Å²) in [5, 5.41) is 3.05. The predicted octanol–water partition coefficient (Wildman–Crippen LogP) is 4.81. The molecule has 1 saturated heterocycles. The summed E-state index contributed by atoms with van der Waals surface area (Å²) in [6.45, 7) is 2.66. The van der Waals surface area contributed by atoms with Crippen LogP contribution in [0.15, 0.2) is 36.5 Å². The average molecular weight is 450 g/mol. The lowest BCUT2D eigenvalue weighted by Gasteiger charge is -2.20. The molecule has 0 spiro atoms. The Balaban J connectivity index is 1.42. The molecule has 32 heavy (non-hydrogen) atoms. The number of aryl methyl sites for hydroxylation is 1. The number of likely N-dealkylation sites (tertiary alicyclic amines) is 1. The molecule has 0 saturated carbocycles. The highest BCUT2D eigenvalue weighted by Crippen LogP contribution is 2.34. The Labute approximate surface area is 180 Å². The summed E-state index contributed by atoms with van der Waals surface area (Å²) in [4.78, 5) is 22.5. The van der Waals surface area contributed by atoms with Crippen molar-refractivity contribution in [3.63, 3.8) is 0 Å². The van der Waals surface area contributed by atoms with Crippen LogP contribution in [-0.2, 0) is 6.18 Å². The number of benzene rings is 2.